The molecule has 2 fully saturated rings. The topological polar surface area (TPSA) is 49.4 Å². The Morgan fingerprint density at radius 3 is 2.26 bits per heavy atom. The molecule has 0 bridgehead atoms. The molecule has 1 aliphatic carbocycles. The van der Waals surface area contributed by atoms with Crippen molar-refractivity contribution in [3.63, 3.8) is 0 Å². The zero-order chi connectivity index (χ0) is 13.7. The van der Waals surface area contributed by atoms with Crippen LogP contribution in [0, 0.1) is 11.8 Å². The molecule has 1 saturated heterocycles. The first-order valence-electron chi connectivity index (χ1n) is 7.74. The predicted molar refractivity (Wildman–Crippen MR) is 78.6 cm³/mol. The Bertz CT molecular complexity index is 356. The van der Waals surface area contributed by atoms with E-state index in [2.05, 4.69) is 5.32 Å². The lowest BCUT2D eigenvalue weighted by molar-refractivity contribution is 0.262. The molecule has 19 heavy (non-hydrogen) atoms. The van der Waals surface area contributed by atoms with E-state index in [1.807, 2.05) is 7.05 Å². The Morgan fingerprint density at radius 2 is 1.68 bits per heavy atom. The van der Waals surface area contributed by atoms with Crippen LogP contribution in [0.5, 0.6) is 0 Å². The summed E-state index contributed by atoms with van der Waals surface area (Å²) in [6.07, 6.45) is 7.89. The lowest BCUT2D eigenvalue weighted by atomic mass is 9.95. The van der Waals surface area contributed by atoms with Crippen LogP contribution in [0.1, 0.15) is 44.9 Å². The Kier molecular flexibility index (Phi) is 5.66. The molecule has 1 N–H and O–H groups in total. The van der Waals surface area contributed by atoms with Gasteiger partial charge in [0.05, 0.1) is 5.75 Å². The number of sulfonamides is 1. The third-order valence-electron chi connectivity index (χ3n) is 4.69. The van der Waals surface area contributed by atoms with Gasteiger partial charge in [0, 0.05) is 13.1 Å². The van der Waals surface area contributed by atoms with Crippen molar-refractivity contribution in [2.45, 2.75) is 44.9 Å². The first-order valence-corrected chi connectivity index (χ1v) is 9.35. The first-order chi connectivity index (χ1) is 9.12. The number of piperidine rings is 1. The SMILES string of the molecule is CNCCC1CCN(S(=O)(=O)CC2CCCC2)CC1. The number of rotatable bonds is 6. The summed E-state index contributed by atoms with van der Waals surface area (Å²) >= 11 is 0. The fourth-order valence-electron chi connectivity index (χ4n) is 3.40. The van der Waals surface area contributed by atoms with Gasteiger partial charge in [0.25, 0.3) is 0 Å². The maximum atomic E-state index is 12.4. The molecular weight excluding hydrogens is 260 g/mol. The fraction of sp³-hybridized carbons (Fsp3) is 1.00. The fourth-order valence-corrected chi connectivity index (χ4v) is 5.31. The Morgan fingerprint density at radius 1 is 1.05 bits per heavy atom. The molecule has 1 aliphatic heterocycles. The summed E-state index contributed by atoms with van der Waals surface area (Å²) in [4.78, 5) is 0. The van der Waals surface area contributed by atoms with Gasteiger partial charge in [-0.15, -0.1) is 0 Å². The maximum absolute atomic E-state index is 12.4. The molecule has 0 aromatic rings. The van der Waals surface area contributed by atoms with Crippen LogP contribution >= 0.6 is 0 Å². The smallest absolute Gasteiger partial charge is 0.214 e. The van der Waals surface area contributed by atoms with E-state index in [1.54, 1.807) is 4.31 Å². The van der Waals surface area contributed by atoms with E-state index in [9.17, 15) is 8.42 Å². The van der Waals surface area contributed by atoms with Gasteiger partial charge in [-0.1, -0.05) is 12.8 Å². The highest BCUT2D eigenvalue weighted by Crippen LogP contribution is 2.28. The minimum atomic E-state index is -2.99. The summed E-state index contributed by atoms with van der Waals surface area (Å²) in [5.41, 5.74) is 0. The zero-order valence-corrected chi connectivity index (χ0v) is 12.9. The molecule has 2 aliphatic rings. The van der Waals surface area contributed by atoms with Gasteiger partial charge in [-0.2, -0.15) is 0 Å². The average molecular weight is 288 g/mol. The van der Waals surface area contributed by atoms with Gasteiger partial charge in [-0.3, -0.25) is 0 Å². The van der Waals surface area contributed by atoms with Crippen LogP contribution in [0.3, 0.4) is 0 Å². The van der Waals surface area contributed by atoms with E-state index in [-0.39, 0.29) is 0 Å². The lowest BCUT2D eigenvalue weighted by Crippen LogP contribution is -2.41. The van der Waals surface area contributed by atoms with Gasteiger partial charge in [0.2, 0.25) is 10.0 Å². The molecule has 2 rings (SSSR count). The number of nitrogens with zero attached hydrogens (tertiary/aromatic N) is 1. The predicted octanol–water partition coefficient (Wildman–Crippen LogP) is 1.83. The highest BCUT2D eigenvalue weighted by atomic mass is 32.2. The monoisotopic (exact) mass is 288 g/mol. The van der Waals surface area contributed by atoms with Gasteiger partial charge in [-0.05, 0) is 57.5 Å². The van der Waals surface area contributed by atoms with Gasteiger partial charge >= 0.3 is 0 Å². The van der Waals surface area contributed by atoms with Crippen molar-refractivity contribution < 1.29 is 8.42 Å². The molecular formula is C14H28N2O2S. The van der Waals surface area contributed by atoms with Gasteiger partial charge in [-0.25, -0.2) is 12.7 Å². The molecule has 0 spiro atoms. The summed E-state index contributed by atoms with van der Waals surface area (Å²) < 4.78 is 26.5. The average Bonchev–Trinajstić information content (AvgIpc) is 2.89. The second-order valence-electron chi connectivity index (χ2n) is 6.16. The highest BCUT2D eigenvalue weighted by Gasteiger charge is 2.30. The molecule has 1 saturated carbocycles. The summed E-state index contributed by atoms with van der Waals surface area (Å²) in [7, 11) is -1.02. The second-order valence-corrected chi connectivity index (χ2v) is 8.18. The molecule has 5 heteroatoms. The Hall–Kier alpha value is -0.130. The van der Waals surface area contributed by atoms with Crippen LogP contribution in [0.2, 0.25) is 0 Å². The Labute approximate surface area is 118 Å². The molecule has 112 valence electrons. The molecule has 0 amide bonds. The van der Waals surface area contributed by atoms with E-state index in [0.29, 0.717) is 17.6 Å². The van der Waals surface area contributed by atoms with E-state index >= 15 is 0 Å². The summed E-state index contributed by atoms with van der Waals surface area (Å²) in [6, 6.07) is 0. The van der Waals surface area contributed by atoms with Gasteiger partial charge in [0.15, 0.2) is 0 Å². The van der Waals surface area contributed by atoms with Crippen molar-refractivity contribution in [2.24, 2.45) is 11.8 Å². The van der Waals surface area contributed by atoms with Crippen molar-refractivity contribution in [1.29, 1.82) is 0 Å². The molecule has 1 heterocycles. The highest BCUT2D eigenvalue weighted by molar-refractivity contribution is 7.89. The summed E-state index contributed by atoms with van der Waals surface area (Å²) in [5, 5.41) is 3.17. The van der Waals surface area contributed by atoms with Crippen molar-refractivity contribution in [2.75, 3.05) is 32.4 Å². The van der Waals surface area contributed by atoms with Crippen molar-refractivity contribution in [3.05, 3.63) is 0 Å². The van der Waals surface area contributed by atoms with Crippen LogP contribution in [-0.4, -0.2) is 45.2 Å². The number of hydrogen-bond acceptors (Lipinski definition) is 3. The summed E-state index contributed by atoms with van der Waals surface area (Å²) in [6.45, 7) is 2.52. The second kappa shape index (κ2) is 7.04. The van der Waals surface area contributed by atoms with Crippen LogP contribution < -0.4 is 5.32 Å². The van der Waals surface area contributed by atoms with Gasteiger partial charge < -0.3 is 5.32 Å². The molecule has 0 radical (unpaired) electrons. The molecule has 4 nitrogen and oxygen atoms in total. The van der Waals surface area contributed by atoms with Crippen LogP contribution in [0.25, 0.3) is 0 Å². The van der Waals surface area contributed by atoms with E-state index in [0.717, 1.165) is 45.3 Å². The molecule has 0 aromatic carbocycles. The first kappa shape index (κ1) is 15.3. The van der Waals surface area contributed by atoms with Crippen LogP contribution in [0.4, 0.5) is 0 Å². The van der Waals surface area contributed by atoms with Crippen molar-refractivity contribution in [1.82, 2.24) is 9.62 Å². The van der Waals surface area contributed by atoms with E-state index in [4.69, 9.17) is 0 Å². The van der Waals surface area contributed by atoms with Gasteiger partial charge in [0.1, 0.15) is 0 Å². The molecule has 0 unspecified atom stereocenters. The van der Waals surface area contributed by atoms with Crippen LogP contribution in [0.15, 0.2) is 0 Å². The third kappa shape index (κ3) is 4.43. The quantitative estimate of drug-likeness (QED) is 0.811. The van der Waals surface area contributed by atoms with Crippen molar-refractivity contribution >= 4 is 10.0 Å². The summed E-state index contributed by atoms with van der Waals surface area (Å²) in [5.74, 6) is 1.52. The maximum Gasteiger partial charge on any atom is 0.214 e. The van der Waals surface area contributed by atoms with Crippen LogP contribution in [-0.2, 0) is 10.0 Å². The number of nitrogens with one attached hydrogen (secondary N) is 1. The minimum absolute atomic E-state index is 0.397. The Balaban J connectivity index is 1.79. The van der Waals surface area contributed by atoms with E-state index < -0.39 is 10.0 Å². The van der Waals surface area contributed by atoms with Crippen molar-refractivity contribution in [3.8, 4) is 0 Å². The normalized spacial score (nSPS) is 24.1. The minimum Gasteiger partial charge on any atom is -0.320 e. The molecule has 0 atom stereocenters. The lowest BCUT2D eigenvalue weighted by Gasteiger charge is -2.31. The standard InChI is InChI=1S/C14H28N2O2S/c1-15-9-6-13-7-10-16(11-8-13)19(17,18)12-14-4-2-3-5-14/h13-15H,2-12H2,1H3. The zero-order valence-electron chi connectivity index (χ0n) is 12.1. The van der Waals surface area contributed by atoms with E-state index in [1.165, 1.54) is 19.3 Å². The molecule has 0 aromatic heterocycles. The third-order valence-corrected chi connectivity index (χ3v) is 6.74. The largest absolute Gasteiger partial charge is 0.320 e. The number of hydrogen-bond donors (Lipinski definition) is 1.